The minimum atomic E-state index is -0.272. The number of hydrogen-bond donors (Lipinski definition) is 2. The van der Waals surface area contributed by atoms with Gasteiger partial charge in [0.05, 0.1) is 17.6 Å². The Labute approximate surface area is 184 Å². The molecule has 2 N–H and O–H groups in total. The zero-order chi connectivity index (χ0) is 22.2. The molecule has 0 aromatic carbocycles. The van der Waals surface area contributed by atoms with Crippen molar-refractivity contribution in [3.63, 3.8) is 0 Å². The maximum absolute atomic E-state index is 11.0. The third-order valence-corrected chi connectivity index (χ3v) is 5.87. The van der Waals surface area contributed by atoms with Gasteiger partial charge in [0.25, 0.3) is 0 Å². The number of hydrogen-bond acceptors (Lipinski definition) is 7. The van der Waals surface area contributed by atoms with Crippen molar-refractivity contribution < 1.29 is 9.84 Å². The smallest absolute Gasteiger partial charge is 0.176 e. The topological polar surface area (TPSA) is 113 Å². The number of nitrogens with one attached hydrogen (secondary N) is 1. The number of aryl methyl sites for hydroxylation is 2. The van der Waals surface area contributed by atoms with Crippen LogP contribution in [0.25, 0.3) is 16.8 Å². The van der Waals surface area contributed by atoms with E-state index in [9.17, 15) is 5.11 Å². The molecule has 1 aliphatic rings. The molecule has 5 rings (SSSR count). The van der Waals surface area contributed by atoms with E-state index in [1.165, 1.54) is 0 Å². The first-order valence-corrected chi connectivity index (χ1v) is 10.5. The molecule has 5 heterocycles. The highest BCUT2D eigenvalue weighted by molar-refractivity contribution is 5.74. The monoisotopic (exact) mass is 429 g/mol. The van der Waals surface area contributed by atoms with E-state index in [0.717, 1.165) is 28.9 Å². The molecule has 0 saturated carbocycles. The molecule has 1 aliphatic heterocycles. The molecule has 0 radical (unpaired) electrons. The highest BCUT2D eigenvalue weighted by Gasteiger charge is 2.27. The summed E-state index contributed by atoms with van der Waals surface area (Å²) in [5, 5.41) is 31.8. The molecular weight excluding hydrogens is 406 g/mol. The van der Waals surface area contributed by atoms with E-state index in [0.29, 0.717) is 30.0 Å². The third kappa shape index (κ3) is 3.39. The summed E-state index contributed by atoms with van der Waals surface area (Å²) in [6, 6.07) is 7.62. The van der Waals surface area contributed by atoms with Crippen LogP contribution in [0.5, 0.6) is 11.5 Å². The van der Waals surface area contributed by atoms with Gasteiger partial charge in [-0.25, -0.2) is 4.52 Å². The summed E-state index contributed by atoms with van der Waals surface area (Å²) in [4.78, 5) is 4.39. The second-order valence-corrected chi connectivity index (χ2v) is 8.04. The van der Waals surface area contributed by atoms with Crippen molar-refractivity contribution in [1.29, 1.82) is 5.26 Å². The van der Waals surface area contributed by atoms with E-state index in [1.54, 1.807) is 16.9 Å². The summed E-state index contributed by atoms with van der Waals surface area (Å²) >= 11 is 0. The fraction of sp³-hybridized carbons (Fsp3) is 0.304. The van der Waals surface area contributed by atoms with E-state index in [2.05, 4.69) is 20.5 Å². The molecule has 4 aromatic heterocycles. The molecule has 0 saturated heterocycles. The van der Waals surface area contributed by atoms with Crippen LogP contribution in [0.2, 0.25) is 0 Å². The van der Waals surface area contributed by atoms with Crippen LogP contribution in [0.1, 0.15) is 36.4 Å². The first-order chi connectivity index (χ1) is 15.5. The molecule has 0 amide bonds. The lowest BCUT2D eigenvalue weighted by Gasteiger charge is -2.21. The summed E-state index contributed by atoms with van der Waals surface area (Å²) in [6.07, 6.45) is 8.41. The van der Waals surface area contributed by atoms with Crippen molar-refractivity contribution >= 4 is 5.52 Å². The molecule has 0 aliphatic carbocycles. The van der Waals surface area contributed by atoms with Crippen molar-refractivity contribution in [2.45, 2.75) is 45.4 Å². The van der Waals surface area contributed by atoms with Crippen molar-refractivity contribution in [3.8, 4) is 28.9 Å². The largest absolute Gasteiger partial charge is 0.504 e. The third-order valence-electron chi connectivity index (χ3n) is 5.87. The molecule has 0 spiro atoms. The molecule has 9 heteroatoms. The van der Waals surface area contributed by atoms with Gasteiger partial charge < -0.3 is 15.2 Å². The number of nitrogens with zero attached hydrogens (tertiary/aromatic N) is 6. The van der Waals surface area contributed by atoms with Crippen LogP contribution in [0, 0.1) is 18.4 Å². The Morgan fingerprint density at radius 2 is 2.25 bits per heavy atom. The normalized spacial score (nSPS) is 16.3. The van der Waals surface area contributed by atoms with E-state index in [4.69, 9.17) is 10.00 Å². The van der Waals surface area contributed by atoms with E-state index in [-0.39, 0.29) is 17.9 Å². The Hall–Kier alpha value is -4.06. The fourth-order valence-corrected chi connectivity index (χ4v) is 4.22. The lowest BCUT2D eigenvalue weighted by atomic mass is 10.0. The second kappa shape index (κ2) is 7.89. The Kier molecular flexibility index (Phi) is 4.90. The summed E-state index contributed by atoms with van der Waals surface area (Å²) in [5.41, 5.74) is 4.57. The quantitative estimate of drug-likeness (QED) is 0.370. The van der Waals surface area contributed by atoms with Crippen molar-refractivity contribution in [2.75, 3.05) is 0 Å². The van der Waals surface area contributed by atoms with Crippen molar-refractivity contribution in [3.05, 3.63) is 59.8 Å². The molecule has 0 bridgehead atoms. The van der Waals surface area contributed by atoms with Gasteiger partial charge in [-0.15, -0.1) is 0 Å². The van der Waals surface area contributed by atoms with Crippen LogP contribution in [0.4, 0.5) is 0 Å². The van der Waals surface area contributed by atoms with E-state index < -0.39 is 0 Å². The lowest BCUT2D eigenvalue weighted by Crippen LogP contribution is -2.33. The molecular formula is C23H23N7O2. The predicted molar refractivity (Wildman–Crippen MR) is 117 cm³/mol. The van der Waals surface area contributed by atoms with Gasteiger partial charge in [0.1, 0.15) is 23.1 Å². The number of fused-ring (bicyclic) bond motifs is 2. The number of rotatable bonds is 5. The van der Waals surface area contributed by atoms with Crippen LogP contribution < -0.4 is 10.1 Å². The average molecular weight is 429 g/mol. The Morgan fingerprint density at radius 1 is 1.38 bits per heavy atom. The van der Waals surface area contributed by atoms with Gasteiger partial charge in [0.15, 0.2) is 11.9 Å². The molecule has 162 valence electrons. The second-order valence-electron chi connectivity index (χ2n) is 8.04. The maximum Gasteiger partial charge on any atom is 0.176 e. The standard InChI is InChI=1S/C23H23N7O2/c1-14-11-27-30-12-16(9-20(22(14)30)32-15(2)18-5-3-4-7-25-18)21-23(31)19-10-17(26-13-24)6-8-29(19)28-21/h3-5,7,9,11-12,15,17,26,31H,6,8,10H2,1-2H3. The minimum Gasteiger partial charge on any atom is -0.504 e. The van der Waals surface area contributed by atoms with E-state index in [1.807, 2.05) is 55.2 Å². The molecule has 4 aromatic rings. The van der Waals surface area contributed by atoms with E-state index >= 15 is 0 Å². The molecule has 32 heavy (non-hydrogen) atoms. The van der Waals surface area contributed by atoms with Gasteiger partial charge in [-0.05, 0) is 44.0 Å². The number of ether oxygens (including phenoxy) is 1. The number of nitriles is 1. The minimum absolute atomic E-state index is 0.00249. The van der Waals surface area contributed by atoms with Crippen LogP contribution >= 0.6 is 0 Å². The molecule has 9 nitrogen and oxygen atoms in total. The Morgan fingerprint density at radius 3 is 3.03 bits per heavy atom. The van der Waals surface area contributed by atoms with Gasteiger partial charge in [0, 0.05) is 37.0 Å². The van der Waals surface area contributed by atoms with Gasteiger partial charge in [-0.3, -0.25) is 9.67 Å². The van der Waals surface area contributed by atoms with Crippen molar-refractivity contribution in [2.24, 2.45) is 0 Å². The summed E-state index contributed by atoms with van der Waals surface area (Å²) in [7, 11) is 0. The first kappa shape index (κ1) is 19.9. The van der Waals surface area contributed by atoms with Gasteiger partial charge in [-0.1, -0.05) is 6.07 Å². The molecule has 2 unspecified atom stereocenters. The Bertz CT molecular complexity index is 1320. The van der Waals surface area contributed by atoms with Gasteiger partial charge in [-0.2, -0.15) is 15.5 Å². The molecule has 2 atom stereocenters. The summed E-state index contributed by atoms with van der Waals surface area (Å²) < 4.78 is 9.89. The van der Waals surface area contributed by atoms with Gasteiger partial charge >= 0.3 is 0 Å². The first-order valence-electron chi connectivity index (χ1n) is 10.5. The SMILES string of the molecule is Cc1cnn2cc(-c3nn4c(c3O)CC(NC#N)CC4)cc(OC(C)c3ccccn3)c12. The van der Waals surface area contributed by atoms with Crippen LogP contribution in [0.3, 0.4) is 0 Å². The van der Waals surface area contributed by atoms with Crippen LogP contribution in [-0.4, -0.2) is 35.5 Å². The zero-order valence-electron chi connectivity index (χ0n) is 17.9. The Balaban J connectivity index is 1.56. The summed E-state index contributed by atoms with van der Waals surface area (Å²) in [6.45, 7) is 4.56. The van der Waals surface area contributed by atoms with Crippen molar-refractivity contribution in [1.82, 2.24) is 29.7 Å². The number of pyridine rings is 2. The predicted octanol–water partition coefficient (Wildman–Crippen LogP) is 3.13. The number of aromatic nitrogens is 5. The molecule has 0 fully saturated rings. The van der Waals surface area contributed by atoms with Crippen LogP contribution in [0.15, 0.2) is 42.9 Å². The average Bonchev–Trinajstić information content (AvgIpc) is 3.34. The van der Waals surface area contributed by atoms with Crippen LogP contribution in [-0.2, 0) is 13.0 Å². The fourth-order valence-electron chi connectivity index (χ4n) is 4.22. The highest BCUT2D eigenvalue weighted by Crippen LogP contribution is 2.38. The summed E-state index contributed by atoms with van der Waals surface area (Å²) in [5.74, 6) is 0.770. The highest BCUT2D eigenvalue weighted by atomic mass is 16.5. The maximum atomic E-state index is 11.0. The lowest BCUT2D eigenvalue weighted by molar-refractivity contribution is 0.224. The number of aromatic hydroxyl groups is 1. The van der Waals surface area contributed by atoms with Gasteiger partial charge in [0.2, 0.25) is 0 Å². The zero-order valence-corrected chi connectivity index (χ0v) is 17.9.